The molecule has 2 N–H and O–H groups in total. The number of fused-ring (bicyclic) bond motifs is 1. The van der Waals surface area contributed by atoms with E-state index in [0.717, 1.165) is 18.0 Å². The highest BCUT2D eigenvalue weighted by Crippen LogP contribution is 2.52. The third-order valence-electron chi connectivity index (χ3n) is 7.86. The Morgan fingerprint density at radius 3 is 2.53 bits per heavy atom. The van der Waals surface area contributed by atoms with Crippen molar-refractivity contribution in [3.63, 3.8) is 0 Å². The standard InChI is InChI=1S/C24H30N4O4/c1-2-27-10-8-24(9-11-27)12-15(13-24)14-25-17-5-3-4-16-20(17)23(32)28(22(16)31)18-6-7-19(29)26-21(18)30/h3-5,15,18,25H,2,6-14H2,1H3,(H,26,29,30). The maximum absolute atomic E-state index is 13.2. The molecule has 3 aliphatic heterocycles. The fourth-order valence-corrected chi connectivity index (χ4v) is 5.98. The first-order valence-electron chi connectivity index (χ1n) is 11.7. The number of amides is 4. The van der Waals surface area contributed by atoms with E-state index in [-0.39, 0.29) is 18.7 Å². The molecule has 4 aliphatic rings. The number of hydrogen-bond donors (Lipinski definition) is 2. The molecule has 32 heavy (non-hydrogen) atoms. The Hall–Kier alpha value is -2.74. The number of hydrogen-bond acceptors (Lipinski definition) is 6. The van der Waals surface area contributed by atoms with Crippen LogP contribution in [0.3, 0.4) is 0 Å². The first-order chi connectivity index (χ1) is 15.4. The predicted octanol–water partition coefficient (Wildman–Crippen LogP) is 2.01. The number of anilines is 1. The monoisotopic (exact) mass is 438 g/mol. The van der Waals surface area contributed by atoms with Gasteiger partial charge in [0.15, 0.2) is 0 Å². The molecule has 0 aromatic heterocycles. The maximum Gasteiger partial charge on any atom is 0.264 e. The first-order valence-corrected chi connectivity index (χ1v) is 11.7. The van der Waals surface area contributed by atoms with Crippen molar-refractivity contribution in [1.29, 1.82) is 0 Å². The lowest BCUT2D eigenvalue weighted by molar-refractivity contribution is -0.136. The molecule has 1 atom stereocenters. The van der Waals surface area contributed by atoms with Crippen LogP contribution >= 0.6 is 0 Å². The fraction of sp³-hybridized carbons (Fsp3) is 0.583. The van der Waals surface area contributed by atoms with Crippen LogP contribution in [0, 0.1) is 11.3 Å². The van der Waals surface area contributed by atoms with Crippen molar-refractivity contribution in [2.24, 2.45) is 11.3 Å². The van der Waals surface area contributed by atoms with Gasteiger partial charge in [-0.05, 0) is 75.2 Å². The molecule has 3 heterocycles. The zero-order valence-corrected chi connectivity index (χ0v) is 18.5. The topological polar surface area (TPSA) is 98.8 Å². The largest absolute Gasteiger partial charge is 0.384 e. The minimum absolute atomic E-state index is 0.119. The first kappa shape index (κ1) is 21.1. The Morgan fingerprint density at radius 1 is 1.09 bits per heavy atom. The summed E-state index contributed by atoms with van der Waals surface area (Å²) in [4.78, 5) is 53.4. The van der Waals surface area contributed by atoms with Gasteiger partial charge in [0.1, 0.15) is 6.04 Å². The van der Waals surface area contributed by atoms with Crippen LogP contribution in [0.1, 0.15) is 66.2 Å². The number of carbonyl (C=O) groups excluding carboxylic acids is 4. The minimum atomic E-state index is -0.937. The third kappa shape index (κ3) is 3.50. The summed E-state index contributed by atoms with van der Waals surface area (Å²) in [7, 11) is 0. The number of nitrogens with zero attached hydrogens (tertiary/aromatic N) is 2. The van der Waals surface area contributed by atoms with Gasteiger partial charge < -0.3 is 10.2 Å². The van der Waals surface area contributed by atoms with Crippen molar-refractivity contribution in [3.8, 4) is 0 Å². The predicted molar refractivity (Wildman–Crippen MR) is 118 cm³/mol. The maximum atomic E-state index is 13.2. The van der Waals surface area contributed by atoms with Gasteiger partial charge in [-0.25, -0.2) is 0 Å². The fourth-order valence-electron chi connectivity index (χ4n) is 5.98. The Kier molecular flexibility index (Phi) is 5.28. The summed E-state index contributed by atoms with van der Waals surface area (Å²) in [5, 5.41) is 5.65. The van der Waals surface area contributed by atoms with Crippen molar-refractivity contribution in [2.75, 3.05) is 31.5 Å². The van der Waals surface area contributed by atoms with Gasteiger partial charge in [0.2, 0.25) is 11.8 Å². The average Bonchev–Trinajstić information content (AvgIpc) is 3.02. The Bertz CT molecular complexity index is 974. The number of imide groups is 2. The molecule has 170 valence electrons. The van der Waals surface area contributed by atoms with E-state index in [1.54, 1.807) is 12.1 Å². The zero-order valence-electron chi connectivity index (χ0n) is 18.5. The van der Waals surface area contributed by atoms with Gasteiger partial charge in [-0.3, -0.25) is 29.4 Å². The molecule has 2 saturated heterocycles. The van der Waals surface area contributed by atoms with Crippen LogP contribution in [0.4, 0.5) is 5.69 Å². The van der Waals surface area contributed by atoms with Crippen molar-refractivity contribution < 1.29 is 19.2 Å². The number of rotatable bonds is 5. The molecule has 4 amide bonds. The summed E-state index contributed by atoms with van der Waals surface area (Å²) in [6, 6.07) is 4.29. The van der Waals surface area contributed by atoms with Gasteiger partial charge in [0.25, 0.3) is 11.8 Å². The number of benzene rings is 1. The molecule has 8 nitrogen and oxygen atoms in total. The van der Waals surface area contributed by atoms with Gasteiger partial charge in [-0.2, -0.15) is 0 Å². The minimum Gasteiger partial charge on any atom is -0.384 e. The highest BCUT2D eigenvalue weighted by molar-refractivity contribution is 6.25. The summed E-state index contributed by atoms with van der Waals surface area (Å²) in [5.41, 5.74) is 1.80. The molecular weight excluding hydrogens is 408 g/mol. The van der Waals surface area contributed by atoms with Crippen molar-refractivity contribution >= 4 is 29.3 Å². The van der Waals surface area contributed by atoms with Gasteiger partial charge in [-0.1, -0.05) is 13.0 Å². The van der Waals surface area contributed by atoms with Crippen LogP contribution in [-0.4, -0.2) is 65.6 Å². The van der Waals surface area contributed by atoms with Crippen LogP contribution in [0.2, 0.25) is 0 Å². The number of likely N-dealkylation sites (tertiary alicyclic amines) is 1. The highest BCUT2D eigenvalue weighted by Gasteiger charge is 2.47. The Labute approximate surface area is 187 Å². The summed E-state index contributed by atoms with van der Waals surface area (Å²) in [6.45, 7) is 6.50. The van der Waals surface area contributed by atoms with E-state index in [1.165, 1.54) is 38.8 Å². The molecule has 1 aromatic carbocycles. The van der Waals surface area contributed by atoms with Crippen LogP contribution in [0.25, 0.3) is 0 Å². The number of carbonyl (C=O) groups is 4. The Balaban J connectivity index is 1.24. The quantitative estimate of drug-likeness (QED) is 0.683. The van der Waals surface area contributed by atoms with Gasteiger partial charge in [0, 0.05) is 18.7 Å². The van der Waals surface area contributed by atoms with E-state index in [0.29, 0.717) is 28.1 Å². The summed E-state index contributed by atoms with van der Waals surface area (Å²) in [5.74, 6) is -1.31. The molecule has 8 heteroatoms. The smallest absolute Gasteiger partial charge is 0.264 e. The molecule has 1 saturated carbocycles. The van der Waals surface area contributed by atoms with E-state index in [2.05, 4.69) is 22.5 Å². The molecule has 3 fully saturated rings. The third-order valence-corrected chi connectivity index (χ3v) is 7.86. The van der Waals surface area contributed by atoms with Crippen LogP contribution in [0.5, 0.6) is 0 Å². The molecule has 0 radical (unpaired) electrons. The lowest BCUT2D eigenvalue weighted by Gasteiger charge is -2.52. The number of nitrogens with one attached hydrogen (secondary N) is 2. The zero-order chi connectivity index (χ0) is 22.5. The second-order valence-corrected chi connectivity index (χ2v) is 9.76. The van der Waals surface area contributed by atoms with E-state index >= 15 is 0 Å². The second-order valence-electron chi connectivity index (χ2n) is 9.76. The summed E-state index contributed by atoms with van der Waals surface area (Å²) >= 11 is 0. The Morgan fingerprint density at radius 2 is 1.84 bits per heavy atom. The van der Waals surface area contributed by atoms with Crippen molar-refractivity contribution in [2.45, 2.75) is 51.5 Å². The van der Waals surface area contributed by atoms with E-state index < -0.39 is 23.8 Å². The van der Waals surface area contributed by atoms with Crippen molar-refractivity contribution in [3.05, 3.63) is 29.3 Å². The van der Waals surface area contributed by atoms with E-state index in [9.17, 15) is 19.2 Å². The lowest BCUT2D eigenvalue weighted by Crippen LogP contribution is -2.54. The molecule has 1 aromatic rings. The van der Waals surface area contributed by atoms with E-state index in [4.69, 9.17) is 0 Å². The van der Waals surface area contributed by atoms with Crippen LogP contribution < -0.4 is 10.6 Å². The normalized spacial score (nSPS) is 25.7. The number of piperidine rings is 2. The SMILES string of the molecule is CCN1CCC2(CC1)CC(CNc1cccc3c1C(=O)N(C1CCC(=O)NC1=O)C3=O)C2. The highest BCUT2D eigenvalue weighted by atomic mass is 16.2. The second kappa shape index (κ2) is 7.99. The average molecular weight is 439 g/mol. The lowest BCUT2D eigenvalue weighted by atomic mass is 9.57. The molecule has 1 spiro atoms. The van der Waals surface area contributed by atoms with E-state index in [1.807, 2.05) is 6.07 Å². The summed E-state index contributed by atoms with van der Waals surface area (Å²) in [6.07, 6.45) is 5.24. The molecule has 1 aliphatic carbocycles. The van der Waals surface area contributed by atoms with Crippen LogP contribution in [-0.2, 0) is 9.59 Å². The van der Waals surface area contributed by atoms with Gasteiger partial charge >= 0.3 is 0 Å². The molecule has 0 bridgehead atoms. The molecule has 1 unspecified atom stereocenters. The summed E-state index contributed by atoms with van der Waals surface area (Å²) < 4.78 is 0. The van der Waals surface area contributed by atoms with Gasteiger partial charge in [-0.15, -0.1) is 0 Å². The van der Waals surface area contributed by atoms with Crippen LogP contribution in [0.15, 0.2) is 18.2 Å². The molecule has 5 rings (SSSR count). The van der Waals surface area contributed by atoms with Gasteiger partial charge in [0.05, 0.1) is 11.1 Å². The molecular formula is C24H30N4O4. The van der Waals surface area contributed by atoms with Crippen molar-refractivity contribution in [1.82, 2.24) is 15.1 Å².